The molecule has 2 aliphatic carbocycles. The molecule has 0 spiro atoms. The van der Waals surface area contributed by atoms with Crippen LogP contribution in [0.15, 0.2) is 0 Å². The summed E-state index contributed by atoms with van der Waals surface area (Å²) in [7, 11) is 2.34. The zero-order valence-corrected chi connectivity index (χ0v) is 14.4. The Morgan fingerprint density at radius 3 is 2.50 bits per heavy atom. The Hall–Kier alpha value is -0.0800. The van der Waals surface area contributed by atoms with Crippen LogP contribution in [-0.2, 0) is 0 Å². The van der Waals surface area contributed by atoms with Crippen LogP contribution in [0, 0.1) is 17.8 Å². The molecule has 2 saturated carbocycles. The highest BCUT2D eigenvalue weighted by Gasteiger charge is 2.39. The highest BCUT2D eigenvalue weighted by molar-refractivity contribution is 4.91. The molecular weight excluding hydrogens is 244 g/mol. The van der Waals surface area contributed by atoms with E-state index in [-0.39, 0.29) is 5.54 Å². The maximum absolute atomic E-state index is 3.59. The lowest BCUT2D eigenvalue weighted by Gasteiger charge is -2.31. The van der Waals surface area contributed by atoms with E-state index in [2.05, 4.69) is 45.0 Å². The molecule has 118 valence electrons. The summed E-state index contributed by atoms with van der Waals surface area (Å²) >= 11 is 0. The maximum atomic E-state index is 3.59. The third-order valence-electron chi connectivity index (χ3n) is 5.61. The van der Waals surface area contributed by atoms with Gasteiger partial charge in [0, 0.05) is 18.1 Å². The molecule has 4 atom stereocenters. The summed E-state index contributed by atoms with van der Waals surface area (Å²) in [5, 5.41) is 3.59. The molecule has 4 unspecified atom stereocenters. The molecule has 2 rings (SSSR count). The van der Waals surface area contributed by atoms with E-state index in [1.54, 1.807) is 6.42 Å². The first-order valence-electron chi connectivity index (χ1n) is 8.80. The highest BCUT2D eigenvalue weighted by atomic mass is 15.1. The van der Waals surface area contributed by atoms with Crippen LogP contribution in [0.4, 0.5) is 0 Å². The topological polar surface area (TPSA) is 15.3 Å². The van der Waals surface area contributed by atoms with Gasteiger partial charge in [-0.15, -0.1) is 0 Å². The summed E-state index contributed by atoms with van der Waals surface area (Å²) < 4.78 is 0. The SMILES string of the molecule is CC(CCCNC(C)(C)C)N(C)CC1CC2CCC1C2. The Labute approximate surface area is 126 Å². The fourth-order valence-electron chi connectivity index (χ4n) is 4.23. The monoisotopic (exact) mass is 280 g/mol. The lowest BCUT2D eigenvalue weighted by Crippen LogP contribution is -2.38. The van der Waals surface area contributed by atoms with Crippen molar-refractivity contribution >= 4 is 0 Å². The van der Waals surface area contributed by atoms with Gasteiger partial charge >= 0.3 is 0 Å². The molecule has 2 aliphatic rings. The molecule has 2 bridgehead atoms. The van der Waals surface area contributed by atoms with Gasteiger partial charge in [-0.05, 0) is 91.1 Å². The van der Waals surface area contributed by atoms with Crippen molar-refractivity contribution in [3.05, 3.63) is 0 Å². The van der Waals surface area contributed by atoms with E-state index in [0.717, 1.165) is 30.3 Å². The Bertz CT molecular complexity index is 294. The largest absolute Gasteiger partial charge is 0.312 e. The van der Waals surface area contributed by atoms with Crippen LogP contribution in [0.3, 0.4) is 0 Å². The third-order valence-corrected chi connectivity index (χ3v) is 5.61. The molecule has 2 nitrogen and oxygen atoms in total. The summed E-state index contributed by atoms with van der Waals surface area (Å²) in [6, 6.07) is 0.732. The second kappa shape index (κ2) is 6.79. The second-order valence-electron chi connectivity index (χ2n) is 8.54. The van der Waals surface area contributed by atoms with E-state index in [4.69, 9.17) is 0 Å². The third kappa shape index (κ3) is 4.73. The van der Waals surface area contributed by atoms with Crippen LogP contribution in [0.5, 0.6) is 0 Å². The molecule has 0 aromatic heterocycles. The van der Waals surface area contributed by atoms with Gasteiger partial charge in [0.2, 0.25) is 0 Å². The molecule has 2 heteroatoms. The fourth-order valence-corrected chi connectivity index (χ4v) is 4.23. The van der Waals surface area contributed by atoms with Crippen molar-refractivity contribution in [1.29, 1.82) is 0 Å². The van der Waals surface area contributed by atoms with E-state index in [1.807, 2.05) is 0 Å². The molecule has 20 heavy (non-hydrogen) atoms. The summed E-state index contributed by atoms with van der Waals surface area (Å²) in [5.41, 5.74) is 0.262. The van der Waals surface area contributed by atoms with Gasteiger partial charge in [0.05, 0.1) is 0 Å². The lowest BCUT2D eigenvalue weighted by atomic mass is 9.88. The minimum Gasteiger partial charge on any atom is -0.312 e. The van der Waals surface area contributed by atoms with Crippen LogP contribution in [0.25, 0.3) is 0 Å². The van der Waals surface area contributed by atoms with E-state index in [9.17, 15) is 0 Å². The minimum atomic E-state index is 0.262. The molecule has 0 heterocycles. The van der Waals surface area contributed by atoms with Crippen molar-refractivity contribution in [3.8, 4) is 0 Å². The Morgan fingerprint density at radius 1 is 1.20 bits per heavy atom. The number of fused-ring (bicyclic) bond motifs is 2. The smallest absolute Gasteiger partial charge is 0.00965 e. The fraction of sp³-hybridized carbons (Fsp3) is 1.00. The second-order valence-corrected chi connectivity index (χ2v) is 8.54. The number of nitrogens with zero attached hydrogens (tertiary/aromatic N) is 1. The molecule has 0 radical (unpaired) electrons. The van der Waals surface area contributed by atoms with Crippen molar-refractivity contribution in [1.82, 2.24) is 10.2 Å². The molecule has 0 aliphatic heterocycles. The molecule has 0 aromatic rings. The first kappa shape index (κ1) is 16.3. The molecule has 1 N–H and O–H groups in total. The number of hydrogen-bond acceptors (Lipinski definition) is 2. The van der Waals surface area contributed by atoms with Crippen LogP contribution < -0.4 is 5.32 Å². The predicted molar refractivity (Wildman–Crippen MR) is 88.0 cm³/mol. The van der Waals surface area contributed by atoms with Gasteiger partial charge in [-0.25, -0.2) is 0 Å². The lowest BCUT2D eigenvalue weighted by molar-refractivity contribution is 0.173. The van der Waals surface area contributed by atoms with E-state index < -0.39 is 0 Å². The first-order valence-corrected chi connectivity index (χ1v) is 8.80. The van der Waals surface area contributed by atoms with Gasteiger partial charge in [-0.2, -0.15) is 0 Å². The Kier molecular flexibility index (Phi) is 5.53. The number of rotatable bonds is 7. The van der Waals surface area contributed by atoms with Gasteiger partial charge in [0.1, 0.15) is 0 Å². The summed E-state index contributed by atoms with van der Waals surface area (Å²) in [6.45, 7) is 11.6. The Balaban J connectivity index is 1.61. The predicted octanol–water partition coefficient (Wildman–Crippen LogP) is 3.91. The molecular formula is C18H36N2. The number of hydrogen-bond donors (Lipinski definition) is 1. The Morgan fingerprint density at radius 2 is 1.95 bits per heavy atom. The zero-order valence-electron chi connectivity index (χ0n) is 14.4. The van der Waals surface area contributed by atoms with Gasteiger partial charge in [0.25, 0.3) is 0 Å². The zero-order chi connectivity index (χ0) is 14.8. The standard InChI is InChI=1S/C18H36N2/c1-14(7-6-10-19-18(2,3)4)20(5)13-17-12-15-8-9-16(17)11-15/h14-17,19H,6-13H2,1-5H3. The normalized spacial score (nSPS) is 31.2. The maximum Gasteiger partial charge on any atom is 0.00965 e. The van der Waals surface area contributed by atoms with E-state index >= 15 is 0 Å². The molecule has 0 amide bonds. The highest BCUT2D eigenvalue weighted by Crippen LogP contribution is 2.48. The van der Waals surface area contributed by atoms with Crippen LogP contribution in [0.1, 0.15) is 66.2 Å². The quantitative estimate of drug-likeness (QED) is 0.711. The first-order chi connectivity index (χ1) is 9.35. The van der Waals surface area contributed by atoms with Gasteiger partial charge in [0.15, 0.2) is 0 Å². The average molecular weight is 280 g/mol. The van der Waals surface area contributed by atoms with Crippen LogP contribution in [-0.4, -0.2) is 36.6 Å². The molecule has 2 fully saturated rings. The van der Waals surface area contributed by atoms with E-state index in [0.29, 0.717) is 0 Å². The van der Waals surface area contributed by atoms with Crippen molar-refractivity contribution in [2.75, 3.05) is 20.1 Å². The summed E-state index contributed by atoms with van der Waals surface area (Å²) in [5.74, 6) is 3.16. The summed E-state index contributed by atoms with van der Waals surface area (Å²) in [4.78, 5) is 2.63. The van der Waals surface area contributed by atoms with Gasteiger partial charge in [-0.1, -0.05) is 6.42 Å². The van der Waals surface area contributed by atoms with Crippen molar-refractivity contribution < 1.29 is 0 Å². The van der Waals surface area contributed by atoms with E-state index in [1.165, 1.54) is 38.6 Å². The van der Waals surface area contributed by atoms with Crippen molar-refractivity contribution in [3.63, 3.8) is 0 Å². The van der Waals surface area contributed by atoms with Crippen molar-refractivity contribution in [2.24, 2.45) is 17.8 Å². The van der Waals surface area contributed by atoms with Crippen LogP contribution in [0.2, 0.25) is 0 Å². The van der Waals surface area contributed by atoms with Gasteiger partial charge in [-0.3, -0.25) is 0 Å². The van der Waals surface area contributed by atoms with Crippen molar-refractivity contribution in [2.45, 2.75) is 77.8 Å². The molecule has 0 aromatic carbocycles. The van der Waals surface area contributed by atoms with Gasteiger partial charge < -0.3 is 10.2 Å². The van der Waals surface area contributed by atoms with Crippen LogP contribution >= 0.6 is 0 Å². The minimum absolute atomic E-state index is 0.262. The summed E-state index contributed by atoms with van der Waals surface area (Å²) in [6.07, 6.45) is 8.72. The average Bonchev–Trinajstić information content (AvgIpc) is 2.95. The number of nitrogens with one attached hydrogen (secondary N) is 1. The molecule has 0 saturated heterocycles.